The number of piperazine rings is 1. The number of ether oxygens (including phenoxy) is 1. The number of hydrogen-bond donors (Lipinski definition) is 1. The smallest absolute Gasteiger partial charge is 0.103 e. The van der Waals surface area contributed by atoms with Gasteiger partial charge in [0.2, 0.25) is 0 Å². The van der Waals surface area contributed by atoms with E-state index in [2.05, 4.69) is 45.7 Å². The Labute approximate surface area is 204 Å². The molecule has 0 spiro atoms. The fraction of sp³-hybridized carbons (Fsp3) is 0.600. The third-order valence-corrected chi connectivity index (χ3v) is 9.29. The second-order valence-electron chi connectivity index (χ2n) is 11.1. The maximum atomic E-state index is 10.5. The van der Waals surface area contributed by atoms with Crippen LogP contribution in [0.1, 0.15) is 33.1 Å². The standard InChI is InChI=1S/C25H31ClN6O2/c1-16-12-29(24(2)15-34-14-23(24)33)3-4-30(16)22-6-21-18(5-20(22)26)10-28-32(21)19-11-27-31(13-19)25-7-17(8-25)9-25/h5-6,10-11,13,16-17,23,33H,3-4,7-9,12,14-15H2,1-2H3/t16-,17?,23-,24+,25?/m1/s1. The number of hydrogen-bond acceptors (Lipinski definition) is 6. The monoisotopic (exact) mass is 482 g/mol. The Hall–Kier alpha value is -2.13. The first kappa shape index (κ1) is 21.2. The summed E-state index contributed by atoms with van der Waals surface area (Å²) in [5.41, 5.74) is 3.01. The molecule has 0 unspecified atom stereocenters. The second-order valence-corrected chi connectivity index (χ2v) is 11.5. The molecule has 3 aliphatic carbocycles. The number of nitrogens with zero attached hydrogens (tertiary/aromatic N) is 6. The number of anilines is 1. The van der Waals surface area contributed by atoms with Crippen LogP contribution in [0.5, 0.6) is 0 Å². The largest absolute Gasteiger partial charge is 0.389 e. The van der Waals surface area contributed by atoms with E-state index in [0.717, 1.165) is 52.9 Å². The number of halogens is 1. The van der Waals surface area contributed by atoms with Crippen LogP contribution in [0.25, 0.3) is 16.6 Å². The zero-order chi connectivity index (χ0) is 23.2. The molecule has 3 aromatic rings. The van der Waals surface area contributed by atoms with E-state index < -0.39 is 6.10 Å². The van der Waals surface area contributed by atoms with Gasteiger partial charge in [-0.25, -0.2) is 4.68 Å². The van der Waals surface area contributed by atoms with Gasteiger partial charge < -0.3 is 14.7 Å². The van der Waals surface area contributed by atoms with Gasteiger partial charge in [0.05, 0.1) is 65.2 Å². The van der Waals surface area contributed by atoms with Crippen LogP contribution in [0.15, 0.2) is 30.7 Å². The molecule has 2 aliphatic heterocycles. The van der Waals surface area contributed by atoms with Gasteiger partial charge in [-0.3, -0.25) is 9.58 Å². The zero-order valence-electron chi connectivity index (χ0n) is 19.7. The molecule has 34 heavy (non-hydrogen) atoms. The van der Waals surface area contributed by atoms with E-state index in [4.69, 9.17) is 21.4 Å². The summed E-state index contributed by atoms with van der Waals surface area (Å²) in [6.45, 7) is 7.86. The highest BCUT2D eigenvalue weighted by Gasteiger charge is 2.58. The summed E-state index contributed by atoms with van der Waals surface area (Å²) < 4.78 is 9.73. The van der Waals surface area contributed by atoms with E-state index >= 15 is 0 Å². The summed E-state index contributed by atoms with van der Waals surface area (Å²) in [5, 5.41) is 21.6. The van der Waals surface area contributed by atoms with Gasteiger partial charge in [-0.15, -0.1) is 0 Å². The highest BCUT2D eigenvalue weighted by atomic mass is 35.5. The SMILES string of the molecule is C[C@@H]1CN([C@@]2(C)COC[C@H]2O)CCN1c1cc2c(cnn2-c2cnn(C34CC(C3)C4)c2)cc1Cl. The average molecular weight is 483 g/mol. The lowest BCUT2D eigenvalue weighted by molar-refractivity contribution is -0.0977. The van der Waals surface area contributed by atoms with Gasteiger partial charge in [-0.05, 0) is 51.2 Å². The molecule has 4 heterocycles. The third kappa shape index (κ3) is 2.89. The van der Waals surface area contributed by atoms with Crippen LogP contribution in [-0.4, -0.2) is 80.1 Å². The average Bonchev–Trinajstić information content (AvgIpc) is 3.45. The summed E-state index contributed by atoms with van der Waals surface area (Å²) in [6, 6.07) is 4.44. The Kier molecular flexibility index (Phi) is 4.48. The highest BCUT2D eigenvalue weighted by Crippen LogP contribution is 2.62. The van der Waals surface area contributed by atoms with Crippen molar-refractivity contribution in [3.8, 4) is 5.69 Å². The predicted molar refractivity (Wildman–Crippen MR) is 131 cm³/mol. The number of aliphatic hydroxyl groups excluding tert-OH is 1. The Morgan fingerprint density at radius 2 is 1.97 bits per heavy atom. The van der Waals surface area contributed by atoms with Crippen molar-refractivity contribution in [2.45, 2.75) is 56.3 Å². The van der Waals surface area contributed by atoms with Gasteiger partial charge in [0, 0.05) is 31.1 Å². The lowest BCUT2D eigenvalue weighted by Gasteiger charge is -2.61. The molecule has 3 saturated carbocycles. The van der Waals surface area contributed by atoms with E-state index in [9.17, 15) is 5.11 Å². The Morgan fingerprint density at radius 3 is 2.65 bits per heavy atom. The quantitative estimate of drug-likeness (QED) is 0.616. The van der Waals surface area contributed by atoms with Gasteiger partial charge in [-0.1, -0.05) is 11.6 Å². The van der Waals surface area contributed by atoms with Crippen LogP contribution in [0, 0.1) is 5.92 Å². The molecule has 3 atom stereocenters. The van der Waals surface area contributed by atoms with E-state index in [-0.39, 0.29) is 17.1 Å². The van der Waals surface area contributed by atoms with Crippen LogP contribution in [0.4, 0.5) is 5.69 Å². The predicted octanol–water partition coefficient (Wildman–Crippen LogP) is 3.04. The summed E-state index contributed by atoms with van der Waals surface area (Å²) in [4.78, 5) is 4.76. The normalized spacial score (nSPS) is 35.5. The Morgan fingerprint density at radius 1 is 1.15 bits per heavy atom. The minimum absolute atomic E-state index is 0.247. The molecule has 0 radical (unpaired) electrons. The molecule has 9 heteroatoms. The van der Waals surface area contributed by atoms with Gasteiger partial charge in [0.25, 0.3) is 0 Å². The summed E-state index contributed by atoms with van der Waals surface area (Å²) >= 11 is 6.80. The lowest BCUT2D eigenvalue weighted by Crippen LogP contribution is -2.63. The fourth-order valence-corrected chi connectivity index (χ4v) is 6.87. The highest BCUT2D eigenvalue weighted by molar-refractivity contribution is 6.34. The van der Waals surface area contributed by atoms with Crippen LogP contribution in [0.3, 0.4) is 0 Å². The minimum atomic E-state index is -0.452. The molecule has 2 saturated heterocycles. The van der Waals surface area contributed by atoms with Crippen molar-refractivity contribution < 1.29 is 9.84 Å². The van der Waals surface area contributed by atoms with Crippen molar-refractivity contribution in [1.82, 2.24) is 24.5 Å². The minimum Gasteiger partial charge on any atom is -0.389 e. The molecule has 1 aromatic carbocycles. The van der Waals surface area contributed by atoms with Crippen molar-refractivity contribution in [1.29, 1.82) is 0 Å². The molecule has 0 amide bonds. The Bertz CT molecular complexity index is 1250. The summed E-state index contributed by atoms with van der Waals surface area (Å²) in [7, 11) is 0. The maximum absolute atomic E-state index is 10.5. The van der Waals surface area contributed by atoms with Crippen LogP contribution in [-0.2, 0) is 10.3 Å². The first-order valence-electron chi connectivity index (χ1n) is 12.4. The first-order valence-corrected chi connectivity index (χ1v) is 12.7. The molecule has 5 fully saturated rings. The molecule has 8 nitrogen and oxygen atoms in total. The van der Waals surface area contributed by atoms with Gasteiger partial charge in [-0.2, -0.15) is 10.2 Å². The molecular weight excluding hydrogens is 452 g/mol. The molecule has 5 aliphatic rings. The van der Waals surface area contributed by atoms with Crippen molar-refractivity contribution >= 4 is 28.2 Å². The van der Waals surface area contributed by atoms with E-state index in [1.807, 2.05) is 23.1 Å². The second kappa shape index (κ2) is 7.20. The topological polar surface area (TPSA) is 71.6 Å². The van der Waals surface area contributed by atoms with Gasteiger partial charge in [0.1, 0.15) is 5.69 Å². The Balaban J connectivity index is 1.18. The number of fused-ring (bicyclic) bond motifs is 1. The van der Waals surface area contributed by atoms with Crippen LogP contribution < -0.4 is 4.90 Å². The number of aromatic nitrogens is 4. The van der Waals surface area contributed by atoms with Crippen LogP contribution >= 0.6 is 11.6 Å². The number of aliphatic hydroxyl groups is 1. The molecule has 2 bridgehead atoms. The maximum Gasteiger partial charge on any atom is 0.103 e. The molecular formula is C25H31ClN6O2. The van der Waals surface area contributed by atoms with Crippen molar-refractivity contribution in [3.05, 3.63) is 35.7 Å². The summed E-state index contributed by atoms with van der Waals surface area (Å²) in [6.07, 6.45) is 9.30. The van der Waals surface area contributed by atoms with Gasteiger partial charge in [0.15, 0.2) is 0 Å². The van der Waals surface area contributed by atoms with E-state index in [0.29, 0.717) is 13.2 Å². The zero-order valence-corrected chi connectivity index (χ0v) is 20.4. The first-order chi connectivity index (χ1) is 16.4. The number of rotatable bonds is 4. The van der Waals surface area contributed by atoms with E-state index in [1.165, 1.54) is 19.3 Å². The lowest BCUT2D eigenvalue weighted by atomic mass is 9.50. The van der Waals surface area contributed by atoms with Crippen molar-refractivity contribution in [2.75, 3.05) is 37.7 Å². The molecule has 8 rings (SSSR count). The van der Waals surface area contributed by atoms with Crippen LogP contribution in [0.2, 0.25) is 5.02 Å². The fourth-order valence-electron chi connectivity index (χ4n) is 6.59. The summed E-state index contributed by atoms with van der Waals surface area (Å²) in [5.74, 6) is 0.914. The molecule has 1 N–H and O–H groups in total. The van der Waals surface area contributed by atoms with E-state index in [1.54, 1.807) is 0 Å². The van der Waals surface area contributed by atoms with Gasteiger partial charge >= 0.3 is 0 Å². The van der Waals surface area contributed by atoms with Crippen molar-refractivity contribution in [3.63, 3.8) is 0 Å². The van der Waals surface area contributed by atoms with Crippen molar-refractivity contribution in [2.24, 2.45) is 5.92 Å². The number of benzene rings is 1. The molecule has 180 valence electrons. The molecule has 2 aromatic heterocycles. The third-order valence-electron chi connectivity index (χ3n) is 8.99.